The first-order chi connectivity index (χ1) is 4.20. The molecule has 0 radical (unpaired) electrons. The smallest absolute Gasteiger partial charge is 0.121 e. The Balaban J connectivity index is 2.75. The minimum atomic E-state index is 0.947. The van der Waals surface area contributed by atoms with E-state index in [-0.39, 0.29) is 0 Å². The van der Waals surface area contributed by atoms with E-state index in [2.05, 4.69) is 19.9 Å². The molecule has 0 amide bonds. The highest BCUT2D eigenvalue weighted by atomic mass is 15.4. The topological polar surface area (TPSA) is 30.5 Å². The van der Waals surface area contributed by atoms with Gasteiger partial charge in [-0.25, -0.2) is 5.01 Å². The Labute approximate surface area is 55.6 Å². The molecule has 0 aromatic carbocycles. The fourth-order valence-corrected chi connectivity index (χ4v) is 0.879. The highest BCUT2D eigenvalue weighted by molar-refractivity contribution is 5.22. The van der Waals surface area contributed by atoms with Gasteiger partial charge in [-0.3, -0.25) is 0 Å². The standard InChI is InChI=1S/C7H12N2/c1-6-3-4-9(8)5-7(6)2/h3-4H,5,8H2,1-2H3/p+1. The third-order valence-corrected chi connectivity index (χ3v) is 1.69. The van der Waals surface area contributed by atoms with Gasteiger partial charge in [0.15, 0.2) is 0 Å². The van der Waals surface area contributed by atoms with Crippen LogP contribution in [-0.4, -0.2) is 6.54 Å². The summed E-state index contributed by atoms with van der Waals surface area (Å²) in [6, 6.07) is 0. The third kappa shape index (κ3) is 1.40. The normalized spacial score (nSPS) is 27.2. The van der Waals surface area contributed by atoms with Crippen LogP contribution in [0.15, 0.2) is 23.4 Å². The minimum Gasteiger partial charge on any atom is -0.230 e. The summed E-state index contributed by atoms with van der Waals surface area (Å²) in [5.41, 5.74) is 2.74. The summed E-state index contributed by atoms with van der Waals surface area (Å²) in [5, 5.41) is 0.970. The summed E-state index contributed by atoms with van der Waals surface area (Å²) in [6.45, 7) is 5.17. The molecule has 2 heteroatoms. The average molecular weight is 125 g/mol. The number of quaternary nitrogens is 1. The maximum absolute atomic E-state index is 5.58. The predicted octanol–water partition coefficient (Wildman–Crippen LogP) is -0.391. The summed E-state index contributed by atoms with van der Waals surface area (Å²) >= 11 is 0. The first-order valence-corrected chi connectivity index (χ1v) is 3.16. The fraction of sp³-hybridized carbons (Fsp3) is 0.429. The first-order valence-electron chi connectivity index (χ1n) is 3.16. The molecule has 0 bridgehead atoms. The Morgan fingerprint density at radius 3 is 2.67 bits per heavy atom. The van der Waals surface area contributed by atoms with Crippen LogP contribution in [0, 0.1) is 0 Å². The van der Waals surface area contributed by atoms with E-state index in [9.17, 15) is 0 Å². The molecule has 1 aliphatic rings. The van der Waals surface area contributed by atoms with Gasteiger partial charge in [0.25, 0.3) is 0 Å². The Hall–Kier alpha value is -0.600. The fourth-order valence-electron chi connectivity index (χ4n) is 0.879. The predicted molar refractivity (Wildman–Crippen MR) is 37.5 cm³/mol. The molecular formula is C7H13N2+. The van der Waals surface area contributed by atoms with Crippen LogP contribution in [0.25, 0.3) is 0 Å². The van der Waals surface area contributed by atoms with Gasteiger partial charge in [0.05, 0.1) is 0 Å². The van der Waals surface area contributed by atoms with E-state index in [1.807, 2.05) is 6.20 Å². The van der Waals surface area contributed by atoms with Crippen molar-refractivity contribution in [1.82, 2.24) is 0 Å². The zero-order valence-electron chi connectivity index (χ0n) is 5.94. The molecule has 2 nitrogen and oxygen atoms in total. The highest BCUT2D eigenvalue weighted by Gasteiger charge is 2.06. The van der Waals surface area contributed by atoms with Gasteiger partial charge in [-0.15, -0.1) is 0 Å². The van der Waals surface area contributed by atoms with Crippen LogP contribution < -0.4 is 10.9 Å². The quantitative estimate of drug-likeness (QED) is 0.424. The average Bonchev–Trinajstić information content (AvgIpc) is 1.80. The monoisotopic (exact) mass is 125 g/mol. The minimum absolute atomic E-state index is 0.947. The number of nitrogens with one attached hydrogen (secondary N) is 1. The third-order valence-electron chi connectivity index (χ3n) is 1.69. The van der Waals surface area contributed by atoms with Crippen LogP contribution in [0.4, 0.5) is 0 Å². The van der Waals surface area contributed by atoms with Crippen molar-refractivity contribution in [2.24, 2.45) is 5.84 Å². The van der Waals surface area contributed by atoms with Gasteiger partial charge in [-0.05, 0) is 31.1 Å². The molecule has 1 unspecified atom stereocenters. The van der Waals surface area contributed by atoms with Crippen molar-refractivity contribution in [2.75, 3.05) is 6.54 Å². The Morgan fingerprint density at radius 1 is 1.56 bits per heavy atom. The summed E-state index contributed by atoms with van der Waals surface area (Å²) in [5.74, 6) is 5.58. The zero-order valence-corrected chi connectivity index (χ0v) is 5.94. The Kier molecular flexibility index (Phi) is 1.69. The second kappa shape index (κ2) is 2.33. The highest BCUT2D eigenvalue weighted by Crippen LogP contribution is 2.03. The molecule has 9 heavy (non-hydrogen) atoms. The molecule has 1 aliphatic heterocycles. The van der Waals surface area contributed by atoms with E-state index in [0.717, 1.165) is 11.6 Å². The molecule has 3 N–H and O–H groups in total. The van der Waals surface area contributed by atoms with Gasteiger partial charge in [0.2, 0.25) is 0 Å². The summed E-state index contributed by atoms with van der Waals surface area (Å²) in [7, 11) is 0. The Morgan fingerprint density at radius 2 is 2.22 bits per heavy atom. The van der Waals surface area contributed by atoms with Crippen LogP contribution in [0.1, 0.15) is 13.8 Å². The molecule has 0 fully saturated rings. The Bertz CT molecular complexity index is 168. The molecular weight excluding hydrogens is 112 g/mol. The molecule has 0 aromatic rings. The molecule has 0 saturated carbocycles. The molecule has 1 heterocycles. The van der Waals surface area contributed by atoms with Gasteiger partial charge < -0.3 is 0 Å². The first kappa shape index (κ1) is 6.52. The van der Waals surface area contributed by atoms with Crippen molar-refractivity contribution in [3.8, 4) is 0 Å². The molecule has 50 valence electrons. The summed E-state index contributed by atoms with van der Waals surface area (Å²) in [6.07, 6.45) is 4.04. The van der Waals surface area contributed by atoms with Gasteiger partial charge >= 0.3 is 0 Å². The van der Waals surface area contributed by atoms with Crippen molar-refractivity contribution in [3.05, 3.63) is 23.4 Å². The largest absolute Gasteiger partial charge is 0.230 e. The number of rotatable bonds is 0. The molecule has 1 atom stereocenters. The van der Waals surface area contributed by atoms with Crippen LogP contribution in [0.3, 0.4) is 0 Å². The lowest BCUT2D eigenvalue weighted by molar-refractivity contribution is -0.855. The molecule has 0 spiro atoms. The molecule has 1 rings (SSSR count). The van der Waals surface area contributed by atoms with Gasteiger partial charge in [0.1, 0.15) is 12.7 Å². The van der Waals surface area contributed by atoms with Gasteiger partial charge in [-0.1, -0.05) is 0 Å². The van der Waals surface area contributed by atoms with E-state index in [1.165, 1.54) is 11.1 Å². The van der Waals surface area contributed by atoms with E-state index in [1.54, 1.807) is 0 Å². The van der Waals surface area contributed by atoms with Crippen LogP contribution in [0.5, 0.6) is 0 Å². The van der Waals surface area contributed by atoms with Gasteiger partial charge in [0, 0.05) is 0 Å². The lowest BCUT2D eigenvalue weighted by atomic mass is 10.1. The lowest BCUT2D eigenvalue weighted by Gasteiger charge is -2.13. The maximum atomic E-state index is 5.58. The number of hydrogen-bond donors (Lipinski definition) is 2. The van der Waals surface area contributed by atoms with Crippen molar-refractivity contribution >= 4 is 0 Å². The van der Waals surface area contributed by atoms with Crippen LogP contribution >= 0.6 is 0 Å². The van der Waals surface area contributed by atoms with E-state index >= 15 is 0 Å². The van der Waals surface area contributed by atoms with E-state index < -0.39 is 0 Å². The van der Waals surface area contributed by atoms with Crippen molar-refractivity contribution in [1.29, 1.82) is 0 Å². The van der Waals surface area contributed by atoms with Crippen LogP contribution in [-0.2, 0) is 0 Å². The lowest BCUT2D eigenvalue weighted by Crippen LogP contribution is -3.14. The second-order valence-electron chi connectivity index (χ2n) is 2.55. The maximum Gasteiger partial charge on any atom is 0.121 e. The number of nitrogens with two attached hydrogens (primary N) is 1. The van der Waals surface area contributed by atoms with Crippen molar-refractivity contribution in [3.63, 3.8) is 0 Å². The SMILES string of the molecule is CC1=C(C)C[NH+](N)C=C1. The van der Waals surface area contributed by atoms with Crippen molar-refractivity contribution in [2.45, 2.75) is 13.8 Å². The zero-order chi connectivity index (χ0) is 6.85. The second-order valence-corrected chi connectivity index (χ2v) is 2.55. The van der Waals surface area contributed by atoms with E-state index in [0.29, 0.717) is 0 Å². The van der Waals surface area contributed by atoms with Gasteiger partial charge in [-0.2, -0.15) is 5.84 Å². The number of hydrogen-bond acceptors (Lipinski definition) is 1. The summed E-state index contributed by atoms with van der Waals surface area (Å²) < 4.78 is 0. The molecule has 0 aliphatic carbocycles. The van der Waals surface area contributed by atoms with E-state index in [4.69, 9.17) is 5.84 Å². The summed E-state index contributed by atoms with van der Waals surface area (Å²) in [4.78, 5) is 0. The molecule has 0 saturated heterocycles. The van der Waals surface area contributed by atoms with Crippen molar-refractivity contribution < 1.29 is 5.01 Å². The number of allylic oxidation sites excluding steroid dienone is 2. The molecule has 0 aromatic heterocycles. The van der Waals surface area contributed by atoms with Crippen LogP contribution in [0.2, 0.25) is 0 Å².